The molecule has 4 nitrogen and oxygen atoms in total. The average molecular weight is 329 g/mol. The highest BCUT2D eigenvalue weighted by molar-refractivity contribution is 14.1. The molecular formula is C11H12IN3O. The Kier molecular flexibility index (Phi) is 2.31. The van der Waals surface area contributed by atoms with Crippen LogP contribution in [-0.4, -0.2) is 14.1 Å². The van der Waals surface area contributed by atoms with Gasteiger partial charge in [0, 0.05) is 22.4 Å². The van der Waals surface area contributed by atoms with Crippen molar-refractivity contribution in [1.29, 1.82) is 0 Å². The SMILES string of the molecule is CCn1cnc2c(c(I)cn2C2CC2)c1=O. The van der Waals surface area contributed by atoms with Crippen LogP contribution in [0.3, 0.4) is 0 Å². The van der Waals surface area contributed by atoms with Crippen molar-refractivity contribution in [2.45, 2.75) is 32.4 Å². The summed E-state index contributed by atoms with van der Waals surface area (Å²) in [5.41, 5.74) is 0.929. The molecule has 1 aliphatic rings. The average Bonchev–Trinajstić information content (AvgIpc) is 3.05. The fraction of sp³-hybridized carbons (Fsp3) is 0.455. The maximum absolute atomic E-state index is 12.1. The molecule has 16 heavy (non-hydrogen) atoms. The summed E-state index contributed by atoms with van der Waals surface area (Å²) in [4.78, 5) is 16.6. The molecule has 2 heterocycles. The van der Waals surface area contributed by atoms with Gasteiger partial charge in [-0.25, -0.2) is 4.98 Å². The molecule has 0 unspecified atom stereocenters. The molecule has 0 spiro atoms. The van der Waals surface area contributed by atoms with E-state index in [4.69, 9.17) is 0 Å². The molecule has 5 heteroatoms. The van der Waals surface area contributed by atoms with Gasteiger partial charge < -0.3 is 4.57 Å². The number of aromatic nitrogens is 3. The van der Waals surface area contributed by atoms with Crippen LogP contribution in [0.15, 0.2) is 17.3 Å². The van der Waals surface area contributed by atoms with Crippen molar-refractivity contribution in [3.63, 3.8) is 0 Å². The summed E-state index contributed by atoms with van der Waals surface area (Å²) < 4.78 is 4.82. The number of fused-ring (bicyclic) bond motifs is 1. The van der Waals surface area contributed by atoms with Crippen molar-refractivity contribution in [2.24, 2.45) is 0 Å². The molecule has 1 saturated carbocycles. The lowest BCUT2D eigenvalue weighted by molar-refractivity contribution is 0.707. The first kappa shape index (κ1) is 10.3. The zero-order valence-electron chi connectivity index (χ0n) is 8.98. The van der Waals surface area contributed by atoms with Crippen molar-refractivity contribution < 1.29 is 0 Å². The quantitative estimate of drug-likeness (QED) is 0.792. The third-order valence-corrected chi connectivity index (χ3v) is 3.85. The molecule has 0 aromatic carbocycles. The van der Waals surface area contributed by atoms with Gasteiger partial charge in [0.25, 0.3) is 5.56 Å². The predicted octanol–water partition coefficient (Wildman–Crippen LogP) is 2.16. The van der Waals surface area contributed by atoms with E-state index in [9.17, 15) is 4.79 Å². The van der Waals surface area contributed by atoms with Gasteiger partial charge in [0.1, 0.15) is 5.65 Å². The lowest BCUT2D eigenvalue weighted by Crippen LogP contribution is -2.19. The summed E-state index contributed by atoms with van der Waals surface area (Å²) >= 11 is 2.22. The van der Waals surface area contributed by atoms with Gasteiger partial charge >= 0.3 is 0 Å². The van der Waals surface area contributed by atoms with Crippen molar-refractivity contribution in [2.75, 3.05) is 0 Å². The van der Waals surface area contributed by atoms with Crippen molar-refractivity contribution in [3.8, 4) is 0 Å². The van der Waals surface area contributed by atoms with Gasteiger partial charge in [0.2, 0.25) is 0 Å². The van der Waals surface area contributed by atoms with Gasteiger partial charge in [-0.1, -0.05) is 0 Å². The summed E-state index contributed by atoms with van der Waals surface area (Å²) in [6, 6.07) is 0.565. The predicted molar refractivity (Wildman–Crippen MR) is 70.7 cm³/mol. The molecule has 2 aromatic heterocycles. The number of aryl methyl sites for hydroxylation is 1. The van der Waals surface area contributed by atoms with E-state index in [-0.39, 0.29) is 5.56 Å². The molecule has 0 N–H and O–H groups in total. The monoisotopic (exact) mass is 329 g/mol. The third kappa shape index (κ3) is 1.41. The van der Waals surface area contributed by atoms with E-state index >= 15 is 0 Å². The summed E-state index contributed by atoms with van der Waals surface area (Å²) in [6.07, 6.45) is 6.12. The number of hydrogen-bond donors (Lipinski definition) is 0. The van der Waals surface area contributed by atoms with Crippen LogP contribution in [0.5, 0.6) is 0 Å². The zero-order chi connectivity index (χ0) is 11.3. The highest BCUT2D eigenvalue weighted by Crippen LogP contribution is 2.37. The fourth-order valence-electron chi connectivity index (χ4n) is 1.99. The molecule has 0 atom stereocenters. The molecular weight excluding hydrogens is 317 g/mol. The molecule has 0 bridgehead atoms. The second kappa shape index (κ2) is 3.58. The van der Waals surface area contributed by atoms with E-state index in [0.717, 1.165) is 14.6 Å². The van der Waals surface area contributed by atoms with Crippen molar-refractivity contribution in [3.05, 3.63) is 26.4 Å². The Morgan fingerprint density at radius 1 is 1.56 bits per heavy atom. The normalized spacial score (nSPS) is 15.9. The minimum Gasteiger partial charge on any atom is -0.328 e. The lowest BCUT2D eigenvalue weighted by Gasteiger charge is -2.03. The second-order valence-electron chi connectivity index (χ2n) is 4.15. The van der Waals surface area contributed by atoms with Crippen LogP contribution in [0.25, 0.3) is 11.0 Å². The van der Waals surface area contributed by atoms with Crippen LogP contribution < -0.4 is 5.56 Å². The molecule has 84 valence electrons. The van der Waals surface area contributed by atoms with Gasteiger partial charge in [0.15, 0.2) is 0 Å². The minimum atomic E-state index is 0.0799. The van der Waals surface area contributed by atoms with E-state index in [1.807, 2.05) is 6.92 Å². The van der Waals surface area contributed by atoms with Crippen LogP contribution in [0.1, 0.15) is 25.8 Å². The van der Waals surface area contributed by atoms with Gasteiger partial charge in [-0.05, 0) is 42.4 Å². The second-order valence-corrected chi connectivity index (χ2v) is 5.31. The molecule has 0 amide bonds. The Hall–Kier alpha value is -0.850. The first-order valence-electron chi connectivity index (χ1n) is 5.48. The van der Waals surface area contributed by atoms with Crippen LogP contribution in [0.4, 0.5) is 0 Å². The van der Waals surface area contributed by atoms with E-state index in [0.29, 0.717) is 12.6 Å². The maximum atomic E-state index is 12.1. The first-order valence-corrected chi connectivity index (χ1v) is 6.55. The molecule has 0 saturated heterocycles. The Morgan fingerprint density at radius 2 is 2.31 bits per heavy atom. The molecule has 2 aromatic rings. The van der Waals surface area contributed by atoms with Crippen molar-refractivity contribution in [1.82, 2.24) is 14.1 Å². The molecule has 1 fully saturated rings. The molecule has 1 aliphatic carbocycles. The zero-order valence-corrected chi connectivity index (χ0v) is 11.1. The van der Waals surface area contributed by atoms with E-state index < -0.39 is 0 Å². The number of rotatable bonds is 2. The summed E-state index contributed by atoms with van der Waals surface area (Å²) in [5, 5.41) is 0.775. The summed E-state index contributed by atoms with van der Waals surface area (Å²) in [5.74, 6) is 0. The van der Waals surface area contributed by atoms with Gasteiger partial charge in [-0.3, -0.25) is 9.36 Å². The van der Waals surface area contributed by atoms with Crippen LogP contribution in [-0.2, 0) is 6.54 Å². The molecule has 0 radical (unpaired) electrons. The number of nitrogens with zero attached hydrogens (tertiary/aromatic N) is 3. The highest BCUT2D eigenvalue weighted by Gasteiger charge is 2.27. The molecule has 0 aliphatic heterocycles. The van der Waals surface area contributed by atoms with E-state index in [1.54, 1.807) is 10.9 Å². The minimum absolute atomic E-state index is 0.0799. The molecule has 3 rings (SSSR count). The largest absolute Gasteiger partial charge is 0.328 e. The Balaban J connectivity index is 2.36. The van der Waals surface area contributed by atoms with Crippen LogP contribution in [0, 0.1) is 3.57 Å². The maximum Gasteiger partial charge on any atom is 0.263 e. The Morgan fingerprint density at radius 3 is 2.94 bits per heavy atom. The van der Waals surface area contributed by atoms with Gasteiger partial charge in [-0.15, -0.1) is 0 Å². The number of hydrogen-bond acceptors (Lipinski definition) is 2. The van der Waals surface area contributed by atoms with E-state index in [2.05, 4.69) is 38.3 Å². The van der Waals surface area contributed by atoms with E-state index in [1.165, 1.54) is 12.8 Å². The topological polar surface area (TPSA) is 39.8 Å². The van der Waals surface area contributed by atoms with Crippen LogP contribution >= 0.6 is 22.6 Å². The lowest BCUT2D eigenvalue weighted by atomic mass is 10.4. The third-order valence-electron chi connectivity index (χ3n) is 3.03. The summed E-state index contributed by atoms with van der Waals surface area (Å²) in [6.45, 7) is 2.63. The summed E-state index contributed by atoms with van der Waals surface area (Å²) in [7, 11) is 0. The smallest absolute Gasteiger partial charge is 0.263 e. The standard InChI is InChI=1S/C11H12IN3O/c1-2-14-6-13-10-9(11(14)16)8(12)5-15(10)7-3-4-7/h5-7H,2-4H2,1H3. The van der Waals surface area contributed by atoms with Crippen LogP contribution in [0.2, 0.25) is 0 Å². The number of halogens is 1. The van der Waals surface area contributed by atoms with Gasteiger partial charge in [-0.2, -0.15) is 0 Å². The fourth-order valence-corrected chi connectivity index (χ4v) is 2.76. The highest BCUT2D eigenvalue weighted by atomic mass is 127. The Bertz CT molecular complexity index is 609. The van der Waals surface area contributed by atoms with Crippen molar-refractivity contribution >= 4 is 33.6 Å². The first-order chi connectivity index (χ1) is 7.72. The van der Waals surface area contributed by atoms with Gasteiger partial charge in [0.05, 0.1) is 11.7 Å². The Labute approximate surface area is 106 Å².